The summed E-state index contributed by atoms with van der Waals surface area (Å²) in [6, 6.07) is 32.7. The molecule has 0 unspecified atom stereocenters. The Hall–Kier alpha value is -7.29. The highest BCUT2D eigenvalue weighted by Gasteiger charge is 2.49. The predicted molar refractivity (Wildman–Crippen MR) is 240 cm³/mol. The first-order valence-electron chi connectivity index (χ1n) is 21.7. The van der Waals surface area contributed by atoms with Crippen molar-refractivity contribution < 1.29 is 9.59 Å². The van der Waals surface area contributed by atoms with Gasteiger partial charge in [0.1, 0.15) is 23.0 Å². The Morgan fingerprint density at radius 3 is 1.71 bits per heavy atom. The molecule has 0 atom stereocenters. The Morgan fingerprint density at radius 1 is 0.651 bits per heavy atom. The molecule has 2 amide bonds. The van der Waals surface area contributed by atoms with Gasteiger partial charge in [-0.15, -0.1) is 10.2 Å². The van der Waals surface area contributed by atoms with E-state index in [2.05, 4.69) is 101 Å². The van der Waals surface area contributed by atoms with Crippen LogP contribution >= 0.6 is 0 Å². The highest BCUT2D eigenvalue weighted by Crippen LogP contribution is 2.40. The summed E-state index contributed by atoms with van der Waals surface area (Å²) in [5.41, 5.74) is 9.81. The Morgan fingerprint density at radius 2 is 1.19 bits per heavy atom. The minimum absolute atomic E-state index is 0.0947. The molecule has 15 nitrogen and oxygen atoms in total. The molecule has 5 heterocycles. The van der Waals surface area contributed by atoms with Gasteiger partial charge in [0.05, 0.1) is 13.1 Å². The molecule has 3 aromatic heterocycles. The second-order valence-electron chi connectivity index (χ2n) is 16.4. The molecule has 4 aromatic carbocycles. The number of carbonyl (C=O) groups excluding carboxylic acids is 2. The Labute approximate surface area is 365 Å². The summed E-state index contributed by atoms with van der Waals surface area (Å²) in [4.78, 5) is 43.8. The molecule has 2 aliphatic heterocycles. The minimum Gasteiger partial charge on any atom is -0.294 e. The van der Waals surface area contributed by atoms with Crippen molar-refractivity contribution in [3.63, 3.8) is 0 Å². The quantitative estimate of drug-likeness (QED) is 0.129. The van der Waals surface area contributed by atoms with Gasteiger partial charge in [0, 0.05) is 35.2 Å². The van der Waals surface area contributed by atoms with Crippen LogP contribution in [0.2, 0.25) is 0 Å². The number of amidine groups is 1. The van der Waals surface area contributed by atoms with Crippen LogP contribution in [0.1, 0.15) is 86.5 Å². The summed E-state index contributed by atoms with van der Waals surface area (Å²) in [5, 5.41) is 28.5. The van der Waals surface area contributed by atoms with Gasteiger partial charge in [0.25, 0.3) is 5.91 Å². The number of H-pyrrole nitrogens is 2. The van der Waals surface area contributed by atoms with Gasteiger partial charge >= 0.3 is 0 Å². The topological polar surface area (TPSA) is 188 Å². The summed E-state index contributed by atoms with van der Waals surface area (Å²) < 4.78 is 0. The number of carbonyl (C=O) groups is 2. The van der Waals surface area contributed by atoms with Gasteiger partial charge < -0.3 is 0 Å². The molecule has 0 saturated heterocycles. The molecule has 1 aliphatic carbocycles. The molecule has 1 saturated carbocycles. The maximum Gasteiger partial charge on any atom is 0.256 e. The van der Waals surface area contributed by atoms with Crippen LogP contribution in [0.3, 0.4) is 0 Å². The standard InChI is InChI=1S/C25H28N6O.C23H21N7O/c1-2-3-10-22-26-25(15-6-7-16-25)24(32)31(22)17-18-11-13-19(14-12-18)20-8-4-5-9-21(20)23-27-29-30-28-23;1-14-18-11-12-21(31)30(23(18)25-15(2)24-14)13-16-7-9-17(10-8-16)19-5-3-4-6-20(19)22-26-28-29-27-22/h4-5,8-9,11-14H,2-3,6-7,10,15-17H2,1H3,(H,27,28,29,30);3-10H,11-13H2,1-2H3,(H,26,27,28,29). The number of aromatic amines is 2. The van der Waals surface area contributed by atoms with E-state index in [1.807, 2.05) is 73.3 Å². The molecule has 15 heteroatoms. The van der Waals surface area contributed by atoms with E-state index in [9.17, 15) is 9.59 Å². The van der Waals surface area contributed by atoms with Gasteiger partial charge in [-0.05, 0) is 93.8 Å². The van der Waals surface area contributed by atoms with E-state index >= 15 is 0 Å². The highest BCUT2D eigenvalue weighted by molar-refractivity contribution is 6.08. The van der Waals surface area contributed by atoms with Gasteiger partial charge in [-0.3, -0.25) is 24.4 Å². The second kappa shape index (κ2) is 18.0. The van der Waals surface area contributed by atoms with Gasteiger partial charge in [-0.1, -0.05) is 123 Å². The van der Waals surface area contributed by atoms with Crippen molar-refractivity contribution in [2.45, 2.75) is 97.2 Å². The van der Waals surface area contributed by atoms with Crippen LogP contribution in [0, 0.1) is 13.8 Å². The first-order valence-corrected chi connectivity index (χ1v) is 21.7. The van der Waals surface area contributed by atoms with Crippen molar-refractivity contribution in [1.82, 2.24) is 56.1 Å². The van der Waals surface area contributed by atoms with Crippen LogP contribution in [-0.4, -0.2) is 79.3 Å². The Bertz CT molecular complexity index is 2740. The number of anilines is 1. The zero-order valence-corrected chi connectivity index (χ0v) is 35.8. The summed E-state index contributed by atoms with van der Waals surface area (Å²) in [6.45, 7) is 7.09. The maximum absolute atomic E-state index is 13.4. The lowest BCUT2D eigenvalue weighted by Gasteiger charge is -2.29. The number of unbranched alkanes of at least 4 members (excludes halogenated alkanes) is 1. The molecule has 10 rings (SSSR count). The van der Waals surface area contributed by atoms with E-state index in [-0.39, 0.29) is 11.8 Å². The number of tetrazole rings is 2. The van der Waals surface area contributed by atoms with Crippen molar-refractivity contribution >= 4 is 23.5 Å². The molecule has 0 radical (unpaired) electrons. The van der Waals surface area contributed by atoms with Crippen molar-refractivity contribution in [2.24, 2.45) is 4.99 Å². The van der Waals surface area contributed by atoms with Crippen LogP contribution in [0.25, 0.3) is 45.0 Å². The second-order valence-corrected chi connectivity index (χ2v) is 16.4. The lowest BCUT2D eigenvalue weighted by atomic mass is 9.97. The van der Waals surface area contributed by atoms with Gasteiger partial charge in [0.15, 0.2) is 11.6 Å². The SMILES string of the molecule is CCCCC1=NC2(CCCC2)C(=O)N1Cc1ccc(-c2ccccc2-c2nnn[nH]2)cc1.Cc1nc(C)c2c(n1)N(Cc1ccc(-c3ccccc3-c3nnn[nH]3)cc1)C(=O)CC2. The largest absolute Gasteiger partial charge is 0.294 e. The van der Waals surface area contributed by atoms with E-state index in [1.165, 1.54) is 0 Å². The van der Waals surface area contributed by atoms with Crippen molar-refractivity contribution in [2.75, 3.05) is 4.90 Å². The van der Waals surface area contributed by atoms with Crippen LogP contribution in [0.4, 0.5) is 5.82 Å². The Kier molecular flexibility index (Phi) is 11.7. The summed E-state index contributed by atoms with van der Waals surface area (Å²) in [7, 11) is 0. The third-order valence-corrected chi connectivity index (χ3v) is 12.2. The molecule has 1 fully saturated rings. The summed E-state index contributed by atoms with van der Waals surface area (Å²) >= 11 is 0. The smallest absolute Gasteiger partial charge is 0.256 e. The zero-order chi connectivity index (χ0) is 43.3. The maximum atomic E-state index is 13.4. The normalized spacial score (nSPS) is 15.4. The summed E-state index contributed by atoms with van der Waals surface area (Å²) in [6.07, 6.45) is 8.20. The molecule has 2 N–H and O–H groups in total. The first kappa shape index (κ1) is 41.1. The van der Waals surface area contributed by atoms with Crippen LogP contribution in [0.5, 0.6) is 0 Å². The molecule has 0 bridgehead atoms. The molecular weight excluding hydrogens is 791 g/mol. The number of benzene rings is 4. The number of hydrogen-bond donors (Lipinski definition) is 2. The fraction of sp³-hybridized carbons (Fsp3) is 0.312. The number of aryl methyl sites for hydroxylation is 2. The minimum atomic E-state index is -0.479. The number of rotatable bonds is 11. The molecule has 3 aliphatic rings. The number of nitrogens with one attached hydrogen (secondary N) is 2. The Balaban J connectivity index is 0.000000160. The predicted octanol–water partition coefficient (Wildman–Crippen LogP) is 8.20. The van der Waals surface area contributed by atoms with E-state index in [4.69, 9.17) is 4.99 Å². The van der Waals surface area contributed by atoms with Crippen LogP contribution in [0.15, 0.2) is 102 Å². The molecule has 63 heavy (non-hydrogen) atoms. The lowest BCUT2D eigenvalue weighted by molar-refractivity contribution is -0.131. The average Bonchev–Trinajstić information content (AvgIpc) is 4.16. The number of amides is 2. The van der Waals surface area contributed by atoms with E-state index in [1.54, 1.807) is 4.90 Å². The fourth-order valence-electron chi connectivity index (χ4n) is 8.95. The third kappa shape index (κ3) is 8.50. The number of nitrogens with zero attached hydrogens (tertiary/aromatic N) is 11. The lowest BCUT2D eigenvalue weighted by Crippen LogP contribution is -2.40. The number of hydrogen-bond acceptors (Lipinski definition) is 11. The average molecular weight is 840 g/mol. The van der Waals surface area contributed by atoms with Crippen LogP contribution in [-0.2, 0) is 29.1 Å². The number of aromatic nitrogens is 10. The molecular formula is C48H49N13O2. The summed E-state index contributed by atoms with van der Waals surface area (Å²) in [5.74, 6) is 3.97. The van der Waals surface area contributed by atoms with Crippen molar-refractivity contribution in [3.05, 3.63) is 125 Å². The third-order valence-electron chi connectivity index (χ3n) is 12.2. The molecule has 7 aromatic rings. The monoisotopic (exact) mass is 839 g/mol. The van der Waals surface area contributed by atoms with Crippen molar-refractivity contribution in [1.29, 1.82) is 0 Å². The first-order chi connectivity index (χ1) is 30.8. The van der Waals surface area contributed by atoms with E-state index < -0.39 is 5.54 Å². The highest BCUT2D eigenvalue weighted by atomic mass is 16.2. The fourth-order valence-corrected chi connectivity index (χ4v) is 8.95. The van der Waals surface area contributed by atoms with E-state index in [0.717, 1.165) is 112 Å². The number of fused-ring (bicyclic) bond motifs is 1. The molecule has 318 valence electrons. The molecule has 1 spiro atoms. The van der Waals surface area contributed by atoms with Crippen molar-refractivity contribution in [3.8, 4) is 45.0 Å². The van der Waals surface area contributed by atoms with Gasteiger partial charge in [0.2, 0.25) is 5.91 Å². The van der Waals surface area contributed by atoms with Gasteiger partial charge in [-0.25, -0.2) is 20.2 Å². The van der Waals surface area contributed by atoms with Gasteiger partial charge in [-0.2, -0.15) is 0 Å². The van der Waals surface area contributed by atoms with E-state index in [0.29, 0.717) is 43.4 Å². The number of aliphatic imine (C=N–C) groups is 1. The van der Waals surface area contributed by atoms with Crippen LogP contribution < -0.4 is 4.90 Å². The zero-order valence-electron chi connectivity index (χ0n) is 35.8.